The molecule has 3 rings (SSSR count). The highest BCUT2D eigenvalue weighted by molar-refractivity contribution is 7.15. The van der Waals surface area contributed by atoms with Crippen molar-refractivity contribution in [1.29, 1.82) is 0 Å². The molecule has 1 atom stereocenters. The van der Waals surface area contributed by atoms with Crippen LogP contribution in [0, 0.1) is 0 Å². The molecular weight excluding hydrogens is 268 g/mol. The SMILES string of the molecule is CNC(C)c1cnc(N2CCN(C)c3ccccc32)s1. The Morgan fingerprint density at radius 3 is 2.75 bits per heavy atom. The van der Waals surface area contributed by atoms with Crippen LogP contribution in [0.3, 0.4) is 0 Å². The lowest BCUT2D eigenvalue weighted by Gasteiger charge is -2.35. The lowest BCUT2D eigenvalue weighted by molar-refractivity contribution is 0.662. The first-order valence-corrected chi connectivity index (χ1v) is 7.73. The summed E-state index contributed by atoms with van der Waals surface area (Å²) in [5, 5.41) is 4.35. The van der Waals surface area contributed by atoms with Gasteiger partial charge in [-0.3, -0.25) is 0 Å². The summed E-state index contributed by atoms with van der Waals surface area (Å²) >= 11 is 1.77. The van der Waals surface area contributed by atoms with E-state index >= 15 is 0 Å². The van der Waals surface area contributed by atoms with Crippen molar-refractivity contribution in [2.75, 3.05) is 37.0 Å². The molecule has 4 nitrogen and oxygen atoms in total. The molecule has 5 heteroatoms. The molecule has 0 saturated carbocycles. The van der Waals surface area contributed by atoms with Gasteiger partial charge in [-0.1, -0.05) is 23.5 Å². The summed E-state index contributed by atoms with van der Waals surface area (Å²) in [5.41, 5.74) is 2.52. The van der Waals surface area contributed by atoms with Gasteiger partial charge in [0.15, 0.2) is 5.13 Å². The third-order valence-electron chi connectivity index (χ3n) is 3.84. The quantitative estimate of drug-likeness (QED) is 0.941. The van der Waals surface area contributed by atoms with E-state index in [0.29, 0.717) is 6.04 Å². The average molecular weight is 288 g/mol. The molecule has 0 aliphatic carbocycles. The highest BCUT2D eigenvalue weighted by atomic mass is 32.1. The summed E-state index contributed by atoms with van der Waals surface area (Å²) < 4.78 is 0. The van der Waals surface area contributed by atoms with Crippen LogP contribution in [0.25, 0.3) is 0 Å². The monoisotopic (exact) mass is 288 g/mol. The van der Waals surface area contributed by atoms with Gasteiger partial charge in [-0.2, -0.15) is 0 Å². The molecule has 0 bridgehead atoms. The lowest BCUT2D eigenvalue weighted by Crippen LogP contribution is -2.36. The normalized spacial score (nSPS) is 16.1. The van der Waals surface area contributed by atoms with Crippen LogP contribution in [-0.2, 0) is 0 Å². The minimum absolute atomic E-state index is 0.351. The summed E-state index contributed by atoms with van der Waals surface area (Å²) in [6.45, 7) is 4.16. The Hall–Kier alpha value is -1.59. The van der Waals surface area contributed by atoms with E-state index in [9.17, 15) is 0 Å². The topological polar surface area (TPSA) is 31.4 Å². The zero-order chi connectivity index (χ0) is 14.1. The van der Waals surface area contributed by atoms with E-state index < -0.39 is 0 Å². The Bertz CT molecular complexity index is 595. The van der Waals surface area contributed by atoms with E-state index in [0.717, 1.165) is 18.2 Å². The van der Waals surface area contributed by atoms with Crippen LogP contribution >= 0.6 is 11.3 Å². The first-order chi connectivity index (χ1) is 9.70. The maximum Gasteiger partial charge on any atom is 0.190 e. The predicted molar refractivity (Wildman–Crippen MR) is 86.3 cm³/mol. The van der Waals surface area contributed by atoms with Gasteiger partial charge in [0.2, 0.25) is 0 Å². The van der Waals surface area contributed by atoms with Crippen LogP contribution < -0.4 is 15.1 Å². The molecule has 1 aliphatic rings. The molecule has 0 amide bonds. The summed E-state index contributed by atoms with van der Waals surface area (Å²) in [4.78, 5) is 10.5. The van der Waals surface area contributed by atoms with Crippen LogP contribution in [0.2, 0.25) is 0 Å². The number of hydrogen-bond acceptors (Lipinski definition) is 5. The second-order valence-corrected chi connectivity index (χ2v) is 6.16. The number of nitrogens with one attached hydrogen (secondary N) is 1. The van der Waals surface area contributed by atoms with Gasteiger partial charge < -0.3 is 15.1 Å². The van der Waals surface area contributed by atoms with Crippen molar-refractivity contribution >= 4 is 27.8 Å². The number of hydrogen-bond donors (Lipinski definition) is 1. The van der Waals surface area contributed by atoms with E-state index in [-0.39, 0.29) is 0 Å². The molecule has 1 aliphatic heterocycles. The fraction of sp³-hybridized carbons (Fsp3) is 0.400. The fourth-order valence-corrected chi connectivity index (χ4v) is 3.47. The van der Waals surface area contributed by atoms with Crippen LogP contribution in [0.1, 0.15) is 17.8 Å². The van der Waals surface area contributed by atoms with Crippen molar-refractivity contribution < 1.29 is 0 Å². The number of para-hydroxylation sites is 2. The Kier molecular flexibility index (Phi) is 3.63. The Balaban J connectivity index is 1.95. The van der Waals surface area contributed by atoms with Gasteiger partial charge in [-0.15, -0.1) is 0 Å². The van der Waals surface area contributed by atoms with E-state index in [4.69, 9.17) is 0 Å². The maximum atomic E-state index is 4.62. The minimum atomic E-state index is 0.351. The lowest BCUT2D eigenvalue weighted by atomic mass is 10.2. The van der Waals surface area contributed by atoms with Gasteiger partial charge in [0.1, 0.15) is 0 Å². The number of fused-ring (bicyclic) bond motifs is 1. The summed E-state index contributed by atoms with van der Waals surface area (Å²) in [6, 6.07) is 8.88. The van der Waals surface area contributed by atoms with E-state index in [1.807, 2.05) is 13.2 Å². The van der Waals surface area contributed by atoms with Crippen LogP contribution in [0.4, 0.5) is 16.5 Å². The van der Waals surface area contributed by atoms with Crippen molar-refractivity contribution in [2.45, 2.75) is 13.0 Å². The zero-order valence-corrected chi connectivity index (χ0v) is 12.9. The number of likely N-dealkylation sites (N-methyl/N-ethyl adjacent to an activating group) is 1. The molecule has 20 heavy (non-hydrogen) atoms. The van der Waals surface area contributed by atoms with Gasteiger partial charge >= 0.3 is 0 Å². The van der Waals surface area contributed by atoms with E-state index in [1.54, 1.807) is 11.3 Å². The predicted octanol–water partition coefficient (Wildman–Crippen LogP) is 3.01. The molecule has 1 unspecified atom stereocenters. The summed E-state index contributed by atoms with van der Waals surface area (Å²) in [5.74, 6) is 0. The number of aromatic nitrogens is 1. The van der Waals surface area contributed by atoms with Gasteiger partial charge in [-0.25, -0.2) is 4.98 Å². The second-order valence-electron chi connectivity index (χ2n) is 5.12. The highest BCUT2D eigenvalue weighted by Crippen LogP contribution is 2.39. The first-order valence-electron chi connectivity index (χ1n) is 6.91. The average Bonchev–Trinajstić information content (AvgIpc) is 2.97. The Labute approximate surface area is 124 Å². The van der Waals surface area contributed by atoms with Gasteiger partial charge in [0, 0.05) is 37.3 Å². The van der Waals surface area contributed by atoms with Crippen molar-refractivity contribution in [2.24, 2.45) is 0 Å². The van der Waals surface area contributed by atoms with E-state index in [2.05, 4.69) is 58.3 Å². The molecule has 0 fully saturated rings. The van der Waals surface area contributed by atoms with E-state index in [1.165, 1.54) is 16.3 Å². The fourth-order valence-electron chi connectivity index (χ4n) is 2.45. The zero-order valence-electron chi connectivity index (χ0n) is 12.1. The molecule has 0 radical (unpaired) electrons. The van der Waals surface area contributed by atoms with Gasteiger partial charge in [0.05, 0.1) is 11.4 Å². The number of nitrogens with zero attached hydrogens (tertiary/aromatic N) is 3. The molecule has 1 N–H and O–H groups in total. The molecule has 1 aromatic carbocycles. The van der Waals surface area contributed by atoms with Crippen molar-refractivity contribution in [1.82, 2.24) is 10.3 Å². The van der Waals surface area contributed by atoms with Gasteiger partial charge in [0.25, 0.3) is 0 Å². The molecule has 0 spiro atoms. The first kappa shape index (κ1) is 13.4. The Morgan fingerprint density at radius 2 is 2.00 bits per heavy atom. The number of rotatable bonds is 3. The largest absolute Gasteiger partial charge is 0.371 e. The third-order valence-corrected chi connectivity index (χ3v) is 5.05. The molecule has 0 saturated heterocycles. The summed E-state index contributed by atoms with van der Waals surface area (Å²) in [6.07, 6.45) is 1.99. The number of thiazole rings is 1. The van der Waals surface area contributed by atoms with Crippen LogP contribution in [0.15, 0.2) is 30.5 Å². The molecule has 2 heterocycles. The van der Waals surface area contributed by atoms with Crippen molar-refractivity contribution in [3.63, 3.8) is 0 Å². The third kappa shape index (κ3) is 2.27. The smallest absolute Gasteiger partial charge is 0.190 e. The molecular formula is C15H20N4S. The second kappa shape index (κ2) is 5.42. The number of anilines is 3. The minimum Gasteiger partial charge on any atom is -0.371 e. The summed E-state index contributed by atoms with van der Waals surface area (Å²) in [7, 11) is 4.13. The van der Waals surface area contributed by atoms with Crippen molar-refractivity contribution in [3.8, 4) is 0 Å². The molecule has 106 valence electrons. The number of benzene rings is 1. The van der Waals surface area contributed by atoms with Crippen LogP contribution in [-0.4, -0.2) is 32.2 Å². The van der Waals surface area contributed by atoms with Gasteiger partial charge in [-0.05, 0) is 26.1 Å². The molecule has 2 aromatic rings. The molecule has 1 aromatic heterocycles. The Morgan fingerprint density at radius 1 is 1.25 bits per heavy atom. The van der Waals surface area contributed by atoms with Crippen LogP contribution in [0.5, 0.6) is 0 Å². The highest BCUT2D eigenvalue weighted by Gasteiger charge is 2.23. The standard InChI is InChI=1S/C15H20N4S/c1-11(16-2)14-10-17-15(20-14)19-9-8-18(3)12-6-4-5-7-13(12)19/h4-7,10-11,16H,8-9H2,1-3H3. The maximum absolute atomic E-state index is 4.62. The van der Waals surface area contributed by atoms with Crippen molar-refractivity contribution in [3.05, 3.63) is 35.3 Å².